The van der Waals surface area contributed by atoms with Gasteiger partial charge in [-0.15, -0.1) is 0 Å². The molecular formula is C8H15N2O3+. The van der Waals surface area contributed by atoms with Crippen molar-refractivity contribution in [3.63, 3.8) is 0 Å². The second-order valence-corrected chi connectivity index (χ2v) is 3.54. The first kappa shape index (κ1) is 11.6. The number of ether oxygens (including phenoxy) is 2. The molecule has 0 radical (unpaired) electrons. The molecule has 0 atom stereocenters. The van der Waals surface area contributed by atoms with Crippen LogP contribution in [0.15, 0.2) is 0 Å². The molecule has 0 unspecified atom stereocenters. The molecule has 0 rings (SSSR count). The zero-order valence-corrected chi connectivity index (χ0v) is 8.30. The summed E-state index contributed by atoms with van der Waals surface area (Å²) in [5, 5.41) is 12.6. The van der Waals surface area contributed by atoms with Crippen molar-refractivity contribution in [3.05, 3.63) is 0 Å². The molecule has 0 saturated heterocycles. The minimum absolute atomic E-state index is 0.114. The summed E-state index contributed by atoms with van der Waals surface area (Å²) in [7, 11) is 1.17. The standard InChI is InChI=1S/C8H14N2O3/c1-8(2,3)7(10)13-5(9)6(11)12-4/h9-10H,1-4H3/p+1. The lowest BCUT2D eigenvalue weighted by Gasteiger charge is -2.13. The van der Waals surface area contributed by atoms with Crippen LogP contribution in [-0.4, -0.2) is 24.9 Å². The summed E-state index contributed by atoms with van der Waals surface area (Å²) in [5.74, 6) is -1.33. The van der Waals surface area contributed by atoms with Gasteiger partial charge >= 0.3 is 17.8 Å². The first-order chi connectivity index (χ1) is 5.79. The van der Waals surface area contributed by atoms with Crippen LogP contribution in [0, 0.1) is 10.8 Å². The Labute approximate surface area is 77.1 Å². The maximum atomic E-state index is 10.7. The van der Waals surface area contributed by atoms with E-state index in [0.717, 1.165) is 0 Å². The van der Waals surface area contributed by atoms with Gasteiger partial charge < -0.3 is 9.47 Å². The van der Waals surface area contributed by atoms with E-state index in [9.17, 15) is 4.79 Å². The van der Waals surface area contributed by atoms with E-state index in [2.05, 4.69) is 4.74 Å². The van der Waals surface area contributed by atoms with Crippen molar-refractivity contribution in [2.75, 3.05) is 7.11 Å². The number of esters is 1. The van der Waals surface area contributed by atoms with Crippen molar-refractivity contribution in [1.29, 1.82) is 5.41 Å². The normalized spacial score (nSPS) is 10.5. The van der Waals surface area contributed by atoms with E-state index in [0.29, 0.717) is 0 Å². The van der Waals surface area contributed by atoms with Crippen LogP contribution < -0.4 is 5.41 Å². The number of hydrogen-bond acceptors (Lipinski definition) is 4. The molecule has 0 aliphatic heterocycles. The number of nitrogens with one attached hydrogen (secondary N) is 1. The predicted molar refractivity (Wildman–Crippen MR) is 47.2 cm³/mol. The number of hydrogen-bond donors (Lipinski definition) is 2. The molecule has 0 aliphatic rings. The average Bonchev–Trinajstić information content (AvgIpc) is 2.01. The Morgan fingerprint density at radius 3 is 2.15 bits per heavy atom. The fourth-order valence-corrected chi connectivity index (χ4v) is 0.397. The minimum Gasteiger partial charge on any atom is -0.462 e. The van der Waals surface area contributed by atoms with Gasteiger partial charge in [0.15, 0.2) is 0 Å². The number of nitrogens with two attached hydrogens (primary N) is 1. The minimum atomic E-state index is -0.841. The van der Waals surface area contributed by atoms with E-state index in [1.807, 2.05) is 20.8 Å². The van der Waals surface area contributed by atoms with Crippen LogP contribution in [0.3, 0.4) is 0 Å². The molecule has 0 aromatic heterocycles. The molecule has 5 nitrogen and oxygen atoms in total. The highest BCUT2D eigenvalue weighted by molar-refractivity contribution is 6.33. The smallest absolute Gasteiger partial charge is 0.393 e. The van der Waals surface area contributed by atoms with E-state index in [1.54, 1.807) is 0 Å². The molecule has 0 heterocycles. The summed E-state index contributed by atoms with van der Waals surface area (Å²) in [6.45, 7) is 5.44. The third-order valence-electron chi connectivity index (χ3n) is 1.32. The predicted octanol–water partition coefficient (Wildman–Crippen LogP) is -0.643. The van der Waals surface area contributed by atoms with E-state index in [-0.39, 0.29) is 5.90 Å². The molecule has 0 saturated carbocycles. The van der Waals surface area contributed by atoms with Crippen molar-refractivity contribution in [1.82, 2.24) is 0 Å². The van der Waals surface area contributed by atoms with Gasteiger partial charge in [-0.2, -0.15) is 0 Å². The lowest BCUT2D eigenvalue weighted by atomic mass is 9.97. The Bertz CT molecular complexity index is 240. The monoisotopic (exact) mass is 187 g/mol. The Kier molecular flexibility index (Phi) is 3.59. The zero-order chi connectivity index (χ0) is 10.6. The summed E-state index contributed by atoms with van der Waals surface area (Å²) < 4.78 is 9.04. The molecule has 0 aliphatic carbocycles. The number of carbonyl (C=O) groups excluding carboxylic acids is 1. The largest absolute Gasteiger partial charge is 0.462 e. The number of methoxy groups -OCH3 is 1. The fourth-order valence-electron chi connectivity index (χ4n) is 0.397. The summed E-state index contributed by atoms with van der Waals surface area (Å²) in [5.41, 5.74) is -0.402. The molecule has 0 fully saturated rings. The Morgan fingerprint density at radius 1 is 1.38 bits per heavy atom. The summed E-state index contributed by atoms with van der Waals surface area (Å²) >= 11 is 0. The van der Waals surface area contributed by atoms with Crippen LogP contribution in [0.4, 0.5) is 0 Å². The molecule has 13 heavy (non-hydrogen) atoms. The molecular weight excluding hydrogens is 172 g/mol. The molecule has 74 valence electrons. The first-order valence-corrected chi connectivity index (χ1v) is 3.76. The molecule has 5 heteroatoms. The van der Waals surface area contributed by atoms with Crippen molar-refractivity contribution < 1.29 is 19.7 Å². The lowest BCUT2D eigenvalue weighted by Crippen LogP contribution is -2.50. The van der Waals surface area contributed by atoms with Crippen molar-refractivity contribution in [3.8, 4) is 0 Å². The van der Waals surface area contributed by atoms with Gasteiger partial charge in [-0.3, -0.25) is 5.41 Å². The molecule has 0 amide bonds. The van der Waals surface area contributed by atoms with Gasteiger partial charge in [-0.05, 0) is 20.8 Å². The number of rotatable bonds is 0. The second kappa shape index (κ2) is 4.02. The molecule has 0 aromatic carbocycles. The van der Waals surface area contributed by atoms with Gasteiger partial charge in [0.05, 0.1) is 12.5 Å². The highest BCUT2D eigenvalue weighted by atomic mass is 16.6. The average molecular weight is 187 g/mol. The van der Waals surface area contributed by atoms with Crippen molar-refractivity contribution in [2.24, 2.45) is 5.41 Å². The summed E-state index contributed by atoms with van der Waals surface area (Å²) in [6.07, 6.45) is 0. The van der Waals surface area contributed by atoms with Gasteiger partial charge in [0.2, 0.25) is 0 Å². The lowest BCUT2D eigenvalue weighted by molar-refractivity contribution is -0.148. The van der Waals surface area contributed by atoms with Crippen molar-refractivity contribution >= 4 is 17.8 Å². The van der Waals surface area contributed by atoms with Gasteiger partial charge in [0.25, 0.3) is 0 Å². The maximum absolute atomic E-state index is 10.7. The Balaban J connectivity index is 4.24. The van der Waals surface area contributed by atoms with Crippen LogP contribution in [0.2, 0.25) is 0 Å². The van der Waals surface area contributed by atoms with E-state index in [1.165, 1.54) is 7.11 Å². The first-order valence-electron chi connectivity index (χ1n) is 3.76. The third-order valence-corrected chi connectivity index (χ3v) is 1.32. The van der Waals surface area contributed by atoms with Crippen LogP contribution in [0.1, 0.15) is 20.8 Å². The van der Waals surface area contributed by atoms with Crippen LogP contribution in [0.25, 0.3) is 0 Å². The second-order valence-electron chi connectivity index (χ2n) is 3.54. The number of carbonyl (C=O) groups is 1. The van der Waals surface area contributed by atoms with Crippen molar-refractivity contribution in [2.45, 2.75) is 20.8 Å². The van der Waals surface area contributed by atoms with E-state index < -0.39 is 17.3 Å². The fraction of sp³-hybridized carbons (Fsp3) is 0.625. The highest BCUT2D eigenvalue weighted by Crippen LogP contribution is 2.13. The highest BCUT2D eigenvalue weighted by Gasteiger charge is 2.28. The SMILES string of the molecule is COC(=O)C(=N)OC(=[NH2+])C(C)(C)C. The third kappa shape index (κ3) is 3.68. The van der Waals surface area contributed by atoms with Gasteiger partial charge in [-0.25, -0.2) is 10.2 Å². The van der Waals surface area contributed by atoms with Crippen LogP contribution in [-0.2, 0) is 14.3 Å². The maximum Gasteiger partial charge on any atom is 0.393 e. The van der Waals surface area contributed by atoms with E-state index >= 15 is 0 Å². The molecule has 0 aromatic rings. The zero-order valence-electron chi connectivity index (χ0n) is 8.30. The topological polar surface area (TPSA) is 85.0 Å². The quantitative estimate of drug-likeness (QED) is 0.300. The summed E-state index contributed by atoms with van der Waals surface area (Å²) in [4.78, 5) is 10.7. The van der Waals surface area contributed by atoms with Gasteiger partial charge in [-0.1, -0.05) is 0 Å². The van der Waals surface area contributed by atoms with Crippen LogP contribution in [0.5, 0.6) is 0 Å². The summed E-state index contributed by atoms with van der Waals surface area (Å²) in [6, 6.07) is 0. The molecule has 3 N–H and O–H groups in total. The van der Waals surface area contributed by atoms with Crippen LogP contribution >= 0.6 is 0 Å². The van der Waals surface area contributed by atoms with Gasteiger partial charge in [0, 0.05) is 0 Å². The Hall–Kier alpha value is -1.39. The Morgan fingerprint density at radius 2 is 1.85 bits per heavy atom. The van der Waals surface area contributed by atoms with E-state index in [4.69, 9.17) is 15.6 Å². The van der Waals surface area contributed by atoms with Gasteiger partial charge in [0.1, 0.15) is 0 Å². The molecule has 0 bridgehead atoms. The molecule has 0 spiro atoms.